The van der Waals surface area contributed by atoms with Gasteiger partial charge in [0.25, 0.3) is 0 Å². The van der Waals surface area contributed by atoms with Gasteiger partial charge in [-0.1, -0.05) is 84.0 Å². The van der Waals surface area contributed by atoms with Gasteiger partial charge in [-0.25, -0.2) is 4.57 Å². The zero-order chi connectivity index (χ0) is 15.6. The minimum atomic E-state index is -2.79. The third kappa shape index (κ3) is 19.7. The van der Waals surface area contributed by atoms with E-state index in [1.165, 1.54) is 83.3 Å². The van der Waals surface area contributed by atoms with Gasteiger partial charge < -0.3 is 9.42 Å². The van der Waals surface area contributed by atoms with Gasteiger partial charge in [-0.15, -0.1) is 0 Å². The highest BCUT2D eigenvalue weighted by Crippen LogP contribution is 2.15. The molecule has 126 valence electrons. The maximum Gasteiger partial charge on any atom is 0.364 e. The molecule has 0 saturated heterocycles. The Morgan fingerprint density at radius 3 is 1.67 bits per heavy atom. The predicted molar refractivity (Wildman–Crippen MR) is 91.8 cm³/mol. The van der Waals surface area contributed by atoms with Crippen LogP contribution < -0.4 is 0 Å². The van der Waals surface area contributed by atoms with Crippen LogP contribution in [0.1, 0.15) is 96.8 Å². The van der Waals surface area contributed by atoms with Crippen molar-refractivity contribution in [3.05, 3.63) is 12.3 Å². The molecule has 0 aromatic rings. The first-order valence-electron chi connectivity index (χ1n) is 8.82. The molecule has 0 radical (unpaired) electrons. The molecule has 0 amide bonds. The fourth-order valence-electron chi connectivity index (χ4n) is 2.45. The Morgan fingerprint density at radius 2 is 1.24 bits per heavy atom. The smallest absolute Gasteiger partial charge is 0.364 e. The molecule has 0 bridgehead atoms. The maximum atomic E-state index is 10.3. The fourth-order valence-corrected chi connectivity index (χ4v) is 2.67. The molecule has 4 heteroatoms. The van der Waals surface area contributed by atoms with Gasteiger partial charge in [0, 0.05) is 0 Å². The summed E-state index contributed by atoms with van der Waals surface area (Å²) in [6.45, 7) is 2.27. The second-order valence-corrected chi connectivity index (χ2v) is 6.55. The Labute approximate surface area is 132 Å². The van der Waals surface area contributed by atoms with Crippen molar-refractivity contribution in [3.63, 3.8) is 0 Å². The van der Waals surface area contributed by atoms with E-state index in [2.05, 4.69) is 11.4 Å². The summed E-state index contributed by atoms with van der Waals surface area (Å²) in [5.74, 6) is 0. The third-order valence-corrected chi connectivity index (χ3v) is 4.08. The van der Waals surface area contributed by atoms with Crippen molar-refractivity contribution < 1.29 is 14.0 Å². The van der Waals surface area contributed by atoms with E-state index in [9.17, 15) is 4.57 Å². The Balaban J connectivity index is 3.02. The van der Waals surface area contributed by atoms with Crippen LogP contribution in [-0.4, -0.2) is 4.89 Å². The van der Waals surface area contributed by atoms with E-state index in [4.69, 9.17) is 4.89 Å². The quantitative estimate of drug-likeness (QED) is 0.204. The molecule has 0 fully saturated rings. The highest BCUT2D eigenvalue weighted by molar-refractivity contribution is 7.32. The second kappa shape index (κ2) is 17.8. The summed E-state index contributed by atoms with van der Waals surface area (Å²) in [5, 5.41) is 0. The van der Waals surface area contributed by atoms with Gasteiger partial charge in [-0.2, -0.15) is 0 Å². The largest absolute Gasteiger partial charge is 0.435 e. The number of hydrogen-bond donors (Lipinski definition) is 1. The Hall–Kier alpha value is -0.270. The lowest BCUT2D eigenvalue weighted by atomic mass is 10.0. The van der Waals surface area contributed by atoms with Crippen LogP contribution in [0.25, 0.3) is 0 Å². The number of allylic oxidation sites excluding steroid dienone is 1. The molecule has 1 N–H and O–H groups in total. The zero-order valence-electron chi connectivity index (χ0n) is 13.8. The molecular formula is C17H35O3P. The lowest BCUT2D eigenvalue weighted by Gasteiger charge is -2.02. The summed E-state index contributed by atoms with van der Waals surface area (Å²) in [6.07, 6.45) is 21.8. The molecule has 21 heavy (non-hydrogen) atoms. The van der Waals surface area contributed by atoms with Gasteiger partial charge in [0.1, 0.15) is 0 Å². The highest BCUT2D eigenvalue weighted by atomic mass is 31.1. The zero-order valence-corrected chi connectivity index (χ0v) is 14.8. The van der Waals surface area contributed by atoms with Crippen molar-refractivity contribution in [1.29, 1.82) is 0 Å². The Bertz CT molecular complexity index is 254. The Kier molecular flexibility index (Phi) is 17.6. The minimum absolute atomic E-state index is 0.937. The SMILES string of the molecule is CCCCCCCCCCCCCCCC=CO[PH](=O)O. The van der Waals surface area contributed by atoms with Crippen molar-refractivity contribution in [1.82, 2.24) is 0 Å². The van der Waals surface area contributed by atoms with Crippen LogP contribution in [0.15, 0.2) is 12.3 Å². The molecule has 3 nitrogen and oxygen atoms in total. The third-order valence-electron chi connectivity index (χ3n) is 3.74. The van der Waals surface area contributed by atoms with E-state index in [-0.39, 0.29) is 0 Å². The van der Waals surface area contributed by atoms with Crippen LogP contribution in [0, 0.1) is 0 Å². The second-order valence-electron chi connectivity index (χ2n) is 5.79. The van der Waals surface area contributed by atoms with Crippen LogP contribution in [0.4, 0.5) is 0 Å². The summed E-state index contributed by atoms with van der Waals surface area (Å²) < 4.78 is 14.7. The monoisotopic (exact) mass is 318 g/mol. The van der Waals surface area contributed by atoms with Crippen molar-refractivity contribution >= 4 is 8.25 Å². The first-order valence-corrected chi connectivity index (χ1v) is 10.1. The van der Waals surface area contributed by atoms with E-state index in [0.29, 0.717) is 0 Å². The average molecular weight is 318 g/mol. The van der Waals surface area contributed by atoms with Crippen molar-refractivity contribution in [2.75, 3.05) is 0 Å². The van der Waals surface area contributed by atoms with Crippen molar-refractivity contribution in [2.24, 2.45) is 0 Å². The summed E-state index contributed by atoms with van der Waals surface area (Å²) >= 11 is 0. The van der Waals surface area contributed by atoms with Crippen LogP contribution in [-0.2, 0) is 9.09 Å². The maximum absolute atomic E-state index is 10.3. The first-order chi connectivity index (χ1) is 10.3. The molecule has 0 rings (SSSR count). The minimum Gasteiger partial charge on any atom is -0.435 e. The summed E-state index contributed by atoms with van der Waals surface area (Å²) in [5.41, 5.74) is 0. The molecule has 0 saturated carbocycles. The highest BCUT2D eigenvalue weighted by Gasteiger charge is 1.93. The van der Waals surface area contributed by atoms with Crippen molar-refractivity contribution in [2.45, 2.75) is 96.8 Å². The molecule has 1 unspecified atom stereocenters. The summed E-state index contributed by atoms with van der Waals surface area (Å²) in [6, 6.07) is 0. The molecule has 0 heterocycles. The van der Waals surface area contributed by atoms with Gasteiger partial charge in [0.15, 0.2) is 0 Å². The lowest BCUT2D eigenvalue weighted by molar-refractivity contribution is 0.377. The van der Waals surface area contributed by atoms with Crippen LogP contribution in [0.3, 0.4) is 0 Å². The van der Waals surface area contributed by atoms with E-state index < -0.39 is 8.25 Å². The molecule has 0 aromatic carbocycles. The molecule has 1 atom stereocenters. The normalized spacial score (nSPS) is 12.9. The number of unbranched alkanes of at least 4 members (excludes halogenated alkanes) is 13. The molecule has 0 aliphatic rings. The fraction of sp³-hybridized carbons (Fsp3) is 0.882. The van der Waals surface area contributed by atoms with Crippen LogP contribution >= 0.6 is 8.25 Å². The molecular weight excluding hydrogens is 283 g/mol. The summed E-state index contributed by atoms with van der Waals surface area (Å²) in [4.78, 5) is 8.44. The van der Waals surface area contributed by atoms with E-state index >= 15 is 0 Å². The van der Waals surface area contributed by atoms with Crippen molar-refractivity contribution in [3.8, 4) is 0 Å². The first kappa shape index (κ1) is 20.7. The van der Waals surface area contributed by atoms with Gasteiger partial charge in [-0.3, -0.25) is 0 Å². The molecule has 0 spiro atoms. The number of rotatable bonds is 16. The standard InChI is InChI=1S/C17H35O3P/c1-2-3-4-5-6-7-8-9-10-11-12-13-14-15-16-17-20-21(18)19/h16-17,21H,2-15H2,1H3,(H,18,19). The van der Waals surface area contributed by atoms with Gasteiger partial charge in [0.05, 0.1) is 6.26 Å². The topological polar surface area (TPSA) is 46.5 Å². The predicted octanol–water partition coefficient (Wildman–Crippen LogP) is 6.38. The molecule has 0 aliphatic carbocycles. The average Bonchev–Trinajstić information content (AvgIpc) is 2.46. The number of hydrogen-bond acceptors (Lipinski definition) is 2. The Morgan fingerprint density at radius 1 is 0.810 bits per heavy atom. The van der Waals surface area contributed by atoms with Crippen LogP contribution in [0.5, 0.6) is 0 Å². The van der Waals surface area contributed by atoms with Gasteiger partial charge >= 0.3 is 8.25 Å². The lowest BCUT2D eigenvalue weighted by Crippen LogP contribution is -1.82. The van der Waals surface area contributed by atoms with E-state index in [1.807, 2.05) is 6.08 Å². The molecule has 0 aliphatic heterocycles. The van der Waals surface area contributed by atoms with Crippen LogP contribution in [0.2, 0.25) is 0 Å². The van der Waals surface area contributed by atoms with Gasteiger partial charge in [0.2, 0.25) is 0 Å². The van der Waals surface area contributed by atoms with E-state index in [0.717, 1.165) is 12.8 Å². The molecule has 0 aromatic heterocycles. The summed E-state index contributed by atoms with van der Waals surface area (Å²) in [7, 11) is -2.79. The van der Waals surface area contributed by atoms with E-state index in [1.54, 1.807) is 0 Å². The van der Waals surface area contributed by atoms with Gasteiger partial charge in [-0.05, 0) is 18.9 Å².